The normalized spacial score (nSPS) is 11.1. The molecule has 1 amide bonds. The molecule has 0 spiro atoms. The maximum atomic E-state index is 12.7. The van der Waals surface area contributed by atoms with Crippen LogP contribution < -0.4 is 5.32 Å². The molecular weight excluding hydrogens is 408 g/mol. The molecule has 1 heterocycles. The summed E-state index contributed by atoms with van der Waals surface area (Å²) >= 11 is 11.1. The largest absolute Gasteiger partial charge is 0.298 e. The molecule has 0 saturated carbocycles. The summed E-state index contributed by atoms with van der Waals surface area (Å²) in [6.07, 6.45) is 0. The first-order valence-corrected chi connectivity index (χ1v) is 9.16. The number of fused-ring (bicyclic) bond motifs is 2. The minimum atomic E-state index is -0.186. The fourth-order valence-electron chi connectivity index (χ4n) is 2.60. The summed E-state index contributed by atoms with van der Waals surface area (Å²) in [5.74, 6) is -0.186. The van der Waals surface area contributed by atoms with Crippen LogP contribution in [-0.2, 0) is 0 Å². The van der Waals surface area contributed by atoms with Crippen LogP contribution in [0.4, 0.5) is 5.13 Å². The van der Waals surface area contributed by atoms with Crippen molar-refractivity contribution in [3.63, 3.8) is 0 Å². The second kappa shape index (κ2) is 6.16. The number of amides is 1. The lowest BCUT2D eigenvalue weighted by atomic mass is 10.0. The number of thiazole rings is 1. The number of anilines is 1. The van der Waals surface area contributed by atoms with Crippen LogP contribution in [0.2, 0.25) is 5.02 Å². The third kappa shape index (κ3) is 2.69. The van der Waals surface area contributed by atoms with Gasteiger partial charge in [-0.15, -0.1) is 0 Å². The topological polar surface area (TPSA) is 42.0 Å². The Kier molecular flexibility index (Phi) is 4.00. The van der Waals surface area contributed by atoms with Gasteiger partial charge in [0, 0.05) is 10.0 Å². The van der Waals surface area contributed by atoms with Crippen molar-refractivity contribution >= 4 is 70.9 Å². The molecule has 3 aromatic carbocycles. The van der Waals surface area contributed by atoms with Gasteiger partial charge in [-0.1, -0.05) is 69.2 Å². The Hall–Kier alpha value is -1.95. The number of nitrogens with zero attached hydrogens (tertiary/aromatic N) is 1. The Labute approximate surface area is 155 Å². The molecular formula is C18H10BrClN2OS. The van der Waals surface area contributed by atoms with Crippen LogP contribution in [0.1, 0.15) is 10.4 Å². The Morgan fingerprint density at radius 3 is 2.62 bits per heavy atom. The van der Waals surface area contributed by atoms with E-state index < -0.39 is 0 Å². The zero-order valence-corrected chi connectivity index (χ0v) is 15.4. The average Bonchev–Trinajstić information content (AvgIpc) is 2.99. The van der Waals surface area contributed by atoms with Crippen molar-refractivity contribution in [2.45, 2.75) is 0 Å². The Bertz CT molecular complexity index is 1090. The number of aromatic nitrogens is 1. The molecule has 6 heteroatoms. The summed E-state index contributed by atoms with van der Waals surface area (Å²) < 4.78 is 1.90. The summed E-state index contributed by atoms with van der Waals surface area (Å²) in [6, 6.07) is 17.1. The molecule has 0 bridgehead atoms. The highest BCUT2D eigenvalue weighted by Gasteiger charge is 2.14. The number of carbonyl (C=O) groups is 1. The van der Waals surface area contributed by atoms with E-state index in [-0.39, 0.29) is 5.91 Å². The molecule has 3 nitrogen and oxygen atoms in total. The third-order valence-electron chi connectivity index (χ3n) is 3.70. The van der Waals surface area contributed by atoms with Gasteiger partial charge in [-0.2, -0.15) is 0 Å². The van der Waals surface area contributed by atoms with Gasteiger partial charge in [0.1, 0.15) is 5.52 Å². The number of nitrogens with one attached hydrogen (secondary N) is 1. The van der Waals surface area contributed by atoms with E-state index in [4.69, 9.17) is 11.6 Å². The molecule has 0 radical (unpaired) electrons. The second-order valence-electron chi connectivity index (χ2n) is 5.20. The summed E-state index contributed by atoms with van der Waals surface area (Å²) in [4.78, 5) is 17.1. The average molecular weight is 418 g/mol. The predicted octanol–water partition coefficient (Wildman–Crippen LogP) is 6.12. The third-order valence-corrected chi connectivity index (χ3v) is 5.64. The SMILES string of the molecule is O=C(Nc1nc2c(Cl)cccc2s1)c1cccc2c(Br)cccc12. The van der Waals surface area contributed by atoms with Crippen molar-refractivity contribution in [1.82, 2.24) is 4.98 Å². The summed E-state index contributed by atoms with van der Waals surface area (Å²) in [6.45, 7) is 0. The van der Waals surface area contributed by atoms with Gasteiger partial charge in [0.25, 0.3) is 5.91 Å². The molecule has 0 aliphatic rings. The van der Waals surface area contributed by atoms with E-state index in [2.05, 4.69) is 26.2 Å². The molecule has 24 heavy (non-hydrogen) atoms. The number of halogens is 2. The Balaban J connectivity index is 1.74. The summed E-state index contributed by atoms with van der Waals surface area (Å²) in [5.41, 5.74) is 1.32. The van der Waals surface area contributed by atoms with Gasteiger partial charge in [-0.05, 0) is 35.0 Å². The van der Waals surface area contributed by atoms with E-state index in [1.54, 1.807) is 6.07 Å². The van der Waals surface area contributed by atoms with E-state index in [0.717, 1.165) is 19.9 Å². The quantitative estimate of drug-likeness (QED) is 0.427. The number of benzene rings is 3. The van der Waals surface area contributed by atoms with E-state index in [1.807, 2.05) is 48.5 Å². The van der Waals surface area contributed by atoms with Crippen molar-refractivity contribution in [1.29, 1.82) is 0 Å². The van der Waals surface area contributed by atoms with Gasteiger partial charge >= 0.3 is 0 Å². The lowest BCUT2D eigenvalue weighted by molar-refractivity contribution is 0.102. The number of para-hydroxylation sites is 1. The Morgan fingerprint density at radius 2 is 1.79 bits per heavy atom. The number of hydrogen-bond acceptors (Lipinski definition) is 3. The van der Waals surface area contributed by atoms with Crippen molar-refractivity contribution in [3.05, 3.63) is 69.7 Å². The maximum absolute atomic E-state index is 12.7. The molecule has 0 saturated heterocycles. The van der Waals surface area contributed by atoms with E-state index in [9.17, 15) is 4.79 Å². The standard InChI is InChI=1S/C18H10BrClN2OS/c19-13-7-2-4-10-11(13)5-1-6-12(10)17(23)22-18-21-16-14(20)8-3-9-15(16)24-18/h1-9H,(H,21,22,23). The van der Waals surface area contributed by atoms with Crippen molar-refractivity contribution in [2.24, 2.45) is 0 Å². The van der Waals surface area contributed by atoms with Gasteiger partial charge in [0.05, 0.1) is 9.72 Å². The highest BCUT2D eigenvalue weighted by Crippen LogP contribution is 2.31. The minimum Gasteiger partial charge on any atom is -0.298 e. The van der Waals surface area contributed by atoms with Crippen LogP contribution in [0, 0.1) is 0 Å². The lowest BCUT2D eigenvalue weighted by Crippen LogP contribution is -2.12. The van der Waals surface area contributed by atoms with Crippen molar-refractivity contribution in [2.75, 3.05) is 5.32 Å². The van der Waals surface area contributed by atoms with Crippen LogP contribution >= 0.6 is 38.9 Å². The molecule has 118 valence electrons. The molecule has 4 rings (SSSR count). The number of rotatable bonds is 2. The highest BCUT2D eigenvalue weighted by molar-refractivity contribution is 9.10. The summed E-state index contributed by atoms with van der Waals surface area (Å²) in [5, 5.41) is 5.89. The van der Waals surface area contributed by atoms with Gasteiger partial charge in [0.2, 0.25) is 0 Å². The zero-order valence-electron chi connectivity index (χ0n) is 12.2. The summed E-state index contributed by atoms with van der Waals surface area (Å²) in [7, 11) is 0. The van der Waals surface area contributed by atoms with Crippen molar-refractivity contribution in [3.8, 4) is 0 Å². The molecule has 0 fully saturated rings. The van der Waals surface area contributed by atoms with Crippen LogP contribution in [0.5, 0.6) is 0 Å². The molecule has 0 atom stereocenters. The van der Waals surface area contributed by atoms with Crippen LogP contribution in [-0.4, -0.2) is 10.9 Å². The molecule has 0 aliphatic carbocycles. The van der Waals surface area contributed by atoms with Crippen LogP contribution in [0.3, 0.4) is 0 Å². The molecule has 1 aromatic heterocycles. The van der Waals surface area contributed by atoms with Gasteiger partial charge < -0.3 is 0 Å². The van der Waals surface area contributed by atoms with Gasteiger partial charge in [0.15, 0.2) is 5.13 Å². The fraction of sp³-hybridized carbons (Fsp3) is 0. The van der Waals surface area contributed by atoms with Gasteiger partial charge in [-0.25, -0.2) is 4.98 Å². The minimum absolute atomic E-state index is 0.186. The van der Waals surface area contributed by atoms with E-state index in [0.29, 0.717) is 21.2 Å². The number of carbonyl (C=O) groups excluding carboxylic acids is 1. The fourth-order valence-corrected chi connectivity index (χ4v) is 4.26. The predicted molar refractivity (Wildman–Crippen MR) is 104 cm³/mol. The van der Waals surface area contributed by atoms with E-state index in [1.165, 1.54) is 11.3 Å². The Morgan fingerprint density at radius 1 is 1.04 bits per heavy atom. The first-order valence-electron chi connectivity index (χ1n) is 7.17. The first-order chi connectivity index (χ1) is 11.6. The second-order valence-corrected chi connectivity index (χ2v) is 7.49. The molecule has 4 aromatic rings. The van der Waals surface area contributed by atoms with Crippen molar-refractivity contribution < 1.29 is 4.79 Å². The maximum Gasteiger partial charge on any atom is 0.258 e. The zero-order chi connectivity index (χ0) is 16.7. The molecule has 0 aliphatic heterocycles. The smallest absolute Gasteiger partial charge is 0.258 e. The van der Waals surface area contributed by atoms with Crippen LogP contribution in [0.15, 0.2) is 59.1 Å². The lowest BCUT2D eigenvalue weighted by Gasteiger charge is -2.07. The first kappa shape index (κ1) is 15.6. The van der Waals surface area contributed by atoms with Crippen LogP contribution in [0.25, 0.3) is 21.0 Å². The van der Waals surface area contributed by atoms with Gasteiger partial charge in [-0.3, -0.25) is 10.1 Å². The monoisotopic (exact) mass is 416 g/mol. The number of hydrogen-bond donors (Lipinski definition) is 1. The highest BCUT2D eigenvalue weighted by atomic mass is 79.9. The van der Waals surface area contributed by atoms with E-state index >= 15 is 0 Å². The molecule has 0 unspecified atom stereocenters. The molecule has 1 N–H and O–H groups in total.